The van der Waals surface area contributed by atoms with Crippen molar-refractivity contribution in [2.24, 2.45) is 11.7 Å². The van der Waals surface area contributed by atoms with Crippen LogP contribution < -0.4 is 5.73 Å². The Hall–Kier alpha value is -1.53. The smallest absolute Gasteiger partial charge is 0.305 e. The highest BCUT2D eigenvalue weighted by atomic mass is 19.1. The van der Waals surface area contributed by atoms with Crippen LogP contribution in [0, 0.1) is 21.8 Å². The van der Waals surface area contributed by atoms with Crippen LogP contribution in [-0.4, -0.2) is 29.0 Å². The van der Waals surface area contributed by atoms with E-state index in [-0.39, 0.29) is 6.04 Å². The van der Waals surface area contributed by atoms with Gasteiger partial charge in [-0.05, 0) is 18.9 Å². The van der Waals surface area contributed by atoms with Gasteiger partial charge in [-0.25, -0.2) is 0 Å². The van der Waals surface area contributed by atoms with Crippen LogP contribution in [0.1, 0.15) is 18.9 Å². The molecule has 0 saturated carbocycles. The number of rotatable bonds is 3. The summed E-state index contributed by atoms with van der Waals surface area (Å²) >= 11 is 0. The molecule has 0 radical (unpaired) electrons. The molecular formula is C13H18FN3O2. The highest BCUT2D eigenvalue weighted by molar-refractivity contribution is 5.36. The molecule has 1 aliphatic rings. The molecule has 0 aromatic heterocycles. The van der Waals surface area contributed by atoms with Crippen molar-refractivity contribution < 1.29 is 9.31 Å². The summed E-state index contributed by atoms with van der Waals surface area (Å²) in [6, 6.07) is 4.37. The van der Waals surface area contributed by atoms with Crippen LogP contribution in [0.5, 0.6) is 0 Å². The van der Waals surface area contributed by atoms with Gasteiger partial charge in [-0.1, -0.05) is 19.1 Å². The molecule has 2 N–H and O–H groups in total. The topological polar surface area (TPSA) is 72.4 Å². The van der Waals surface area contributed by atoms with Gasteiger partial charge in [0.25, 0.3) is 0 Å². The number of nitrogens with two attached hydrogens (primary N) is 1. The van der Waals surface area contributed by atoms with Crippen LogP contribution in [0.25, 0.3) is 0 Å². The average Bonchev–Trinajstić information content (AvgIpc) is 2.36. The van der Waals surface area contributed by atoms with Crippen molar-refractivity contribution >= 4 is 5.69 Å². The molecule has 1 aromatic carbocycles. The molecule has 5 nitrogen and oxygen atoms in total. The maximum atomic E-state index is 14.0. The van der Waals surface area contributed by atoms with E-state index in [0.717, 1.165) is 13.0 Å². The van der Waals surface area contributed by atoms with Gasteiger partial charge in [0.2, 0.25) is 5.82 Å². The molecule has 0 aliphatic carbocycles. The third-order valence-corrected chi connectivity index (χ3v) is 3.75. The fraction of sp³-hybridized carbons (Fsp3) is 0.538. The van der Waals surface area contributed by atoms with Crippen molar-refractivity contribution in [3.05, 3.63) is 39.7 Å². The lowest BCUT2D eigenvalue weighted by Crippen LogP contribution is -2.47. The Morgan fingerprint density at radius 2 is 2.32 bits per heavy atom. The molecule has 2 rings (SSSR count). The Morgan fingerprint density at radius 1 is 1.58 bits per heavy atom. The van der Waals surface area contributed by atoms with E-state index in [9.17, 15) is 14.5 Å². The van der Waals surface area contributed by atoms with Crippen LogP contribution in [-0.2, 0) is 6.54 Å². The van der Waals surface area contributed by atoms with Crippen LogP contribution >= 0.6 is 0 Å². The van der Waals surface area contributed by atoms with E-state index in [1.165, 1.54) is 12.1 Å². The fourth-order valence-corrected chi connectivity index (χ4v) is 2.38. The number of hydrogen-bond acceptors (Lipinski definition) is 4. The van der Waals surface area contributed by atoms with Crippen molar-refractivity contribution in [3.8, 4) is 0 Å². The van der Waals surface area contributed by atoms with Crippen molar-refractivity contribution in [2.75, 3.05) is 13.1 Å². The van der Waals surface area contributed by atoms with Crippen LogP contribution in [0.3, 0.4) is 0 Å². The predicted octanol–water partition coefficient (Wildman–Crippen LogP) is 1.90. The number of nitrogens with zero attached hydrogens (tertiary/aromatic N) is 2. The summed E-state index contributed by atoms with van der Waals surface area (Å²) in [6.07, 6.45) is 0.970. The minimum absolute atomic E-state index is 0.0792. The molecular weight excluding hydrogens is 249 g/mol. The van der Waals surface area contributed by atoms with Crippen molar-refractivity contribution in [2.45, 2.75) is 25.9 Å². The molecule has 0 spiro atoms. The number of halogens is 1. The molecule has 1 heterocycles. The summed E-state index contributed by atoms with van der Waals surface area (Å²) in [6.45, 7) is 4.02. The lowest BCUT2D eigenvalue weighted by atomic mass is 9.94. The normalized spacial score (nSPS) is 24.4. The van der Waals surface area contributed by atoms with Crippen molar-refractivity contribution in [1.29, 1.82) is 0 Å². The van der Waals surface area contributed by atoms with Crippen LogP contribution in [0.2, 0.25) is 0 Å². The standard InChI is InChI=1S/C13H18FN3O2/c1-9-5-6-16(8-11(9)15)7-10-3-2-4-12(13(10)14)17(18)19/h2-4,9,11H,5-8,15H2,1H3. The first-order chi connectivity index (χ1) is 8.99. The first kappa shape index (κ1) is 13.9. The largest absolute Gasteiger partial charge is 0.326 e. The third-order valence-electron chi connectivity index (χ3n) is 3.75. The molecule has 6 heteroatoms. The lowest BCUT2D eigenvalue weighted by molar-refractivity contribution is -0.387. The summed E-state index contributed by atoms with van der Waals surface area (Å²) in [4.78, 5) is 12.0. The molecule has 104 valence electrons. The zero-order valence-electron chi connectivity index (χ0n) is 10.9. The third kappa shape index (κ3) is 3.08. The second-order valence-corrected chi connectivity index (χ2v) is 5.17. The predicted molar refractivity (Wildman–Crippen MR) is 70.1 cm³/mol. The quantitative estimate of drug-likeness (QED) is 0.670. The Labute approximate surface area is 111 Å². The van der Waals surface area contributed by atoms with Crippen molar-refractivity contribution in [3.63, 3.8) is 0 Å². The molecule has 1 aromatic rings. The van der Waals surface area contributed by atoms with E-state index in [0.29, 0.717) is 24.6 Å². The highest BCUT2D eigenvalue weighted by Gasteiger charge is 2.25. The number of likely N-dealkylation sites (tertiary alicyclic amines) is 1. The monoisotopic (exact) mass is 267 g/mol. The minimum atomic E-state index is -0.736. The van der Waals surface area contributed by atoms with E-state index >= 15 is 0 Å². The van der Waals surface area contributed by atoms with Gasteiger partial charge < -0.3 is 5.73 Å². The van der Waals surface area contributed by atoms with E-state index < -0.39 is 16.4 Å². The van der Waals surface area contributed by atoms with Gasteiger partial charge in [0.1, 0.15) is 0 Å². The molecule has 1 saturated heterocycles. The van der Waals surface area contributed by atoms with E-state index in [1.54, 1.807) is 6.07 Å². The first-order valence-electron chi connectivity index (χ1n) is 6.38. The summed E-state index contributed by atoms with van der Waals surface area (Å²) in [5, 5.41) is 10.7. The zero-order chi connectivity index (χ0) is 14.0. The minimum Gasteiger partial charge on any atom is -0.326 e. The van der Waals surface area contributed by atoms with Crippen LogP contribution in [0.4, 0.5) is 10.1 Å². The SMILES string of the molecule is CC1CCN(Cc2cccc([N+](=O)[O-])c2F)CC1N. The number of piperidine rings is 1. The maximum Gasteiger partial charge on any atom is 0.305 e. The molecule has 0 bridgehead atoms. The Bertz CT molecular complexity index is 481. The zero-order valence-corrected chi connectivity index (χ0v) is 10.9. The van der Waals surface area contributed by atoms with Gasteiger partial charge in [-0.3, -0.25) is 15.0 Å². The molecule has 2 atom stereocenters. The van der Waals surface area contributed by atoms with Gasteiger partial charge >= 0.3 is 5.69 Å². The molecule has 0 amide bonds. The molecule has 1 aliphatic heterocycles. The average molecular weight is 267 g/mol. The molecule has 19 heavy (non-hydrogen) atoms. The lowest BCUT2D eigenvalue weighted by Gasteiger charge is -2.35. The summed E-state index contributed by atoms with van der Waals surface area (Å²) < 4.78 is 14.0. The number of benzene rings is 1. The summed E-state index contributed by atoms with van der Waals surface area (Å²) in [5.74, 6) is -0.272. The van der Waals surface area contributed by atoms with E-state index in [2.05, 4.69) is 6.92 Å². The van der Waals surface area contributed by atoms with Gasteiger partial charge in [0, 0.05) is 30.8 Å². The fourth-order valence-electron chi connectivity index (χ4n) is 2.38. The van der Waals surface area contributed by atoms with Gasteiger partial charge in [0.15, 0.2) is 0 Å². The molecule has 2 unspecified atom stereocenters. The Morgan fingerprint density at radius 3 is 2.95 bits per heavy atom. The molecule has 1 fully saturated rings. The number of hydrogen-bond donors (Lipinski definition) is 1. The summed E-state index contributed by atoms with van der Waals surface area (Å²) in [5.41, 5.74) is 5.89. The van der Waals surface area contributed by atoms with E-state index in [4.69, 9.17) is 5.73 Å². The number of nitro benzene ring substituents is 1. The van der Waals surface area contributed by atoms with Crippen LogP contribution in [0.15, 0.2) is 18.2 Å². The Kier molecular flexibility index (Phi) is 4.11. The second-order valence-electron chi connectivity index (χ2n) is 5.17. The Balaban J connectivity index is 2.11. The van der Waals surface area contributed by atoms with Gasteiger partial charge in [0.05, 0.1) is 4.92 Å². The first-order valence-corrected chi connectivity index (χ1v) is 6.38. The van der Waals surface area contributed by atoms with Crippen molar-refractivity contribution in [1.82, 2.24) is 4.90 Å². The van der Waals surface area contributed by atoms with E-state index in [1.807, 2.05) is 4.90 Å². The number of nitro groups is 1. The highest BCUT2D eigenvalue weighted by Crippen LogP contribution is 2.23. The maximum absolute atomic E-state index is 14.0. The summed E-state index contributed by atoms with van der Waals surface area (Å²) in [7, 11) is 0. The van der Waals surface area contributed by atoms with Gasteiger partial charge in [-0.15, -0.1) is 0 Å². The second kappa shape index (κ2) is 5.63. The van der Waals surface area contributed by atoms with Gasteiger partial charge in [-0.2, -0.15) is 4.39 Å².